The van der Waals surface area contributed by atoms with Crippen LogP contribution in [0.2, 0.25) is 0 Å². The van der Waals surface area contributed by atoms with Gasteiger partial charge in [0.05, 0.1) is 22.7 Å². The van der Waals surface area contributed by atoms with Gasteiger partial charge < -0.3 is 43.4 Å². The van der Waals surface area contributed by atoms with Crippen LogP contribution in [0, 0.1) is 0 Å². The van der Waals surface area contributed by atoms with E-state index in [1.54, 1.807) is 60.7 Å². The van der Waals surface area contributed by atoms with Crippen LogP contribution in [0.5, 0.6) is 23.0 Å². The molecule has 164 valence electrons. The molecule has 4 aromatic rings. The van der Waals surface area contributed by atoms with Crippen molar-refractivity contribution in [1.82, 2.24) is 0 Å². The topological polar surface area (TPSA) is 185 Å². The van der Waals surface area contributed by atoms with E-state index >= 15 is 0 Å². The van der Waals surface area contributed by atoms with Crippen LogP contribution in [-0.4, -0.2) is 20.4 Å². The summed E-state index contributed by atoms with van der Waals surface area (Å²) in [6.07, 6.45) is 0. The van der Waals surface area contributed by atoms with E-state index in [0.717, 1.165) is 22.3 Å². The zero-order valence-electron chi connectivity index (χ0n) is 17.0. The maximum Gasteiger partial charge on any atom is 0.139 e. The molecule has 4 rings (SSSR count). The maximum absolute atomic E-state index is 9.47. The molecule has 0 aromatic heterocycles. The van der Waals surface area contributed by atoms with Gasteiger partial charge in [-0.3, -0.25) is 0 Å². The Hall–Kier alpha value is -4.72. The minimum absolute atomic E-state index is 0.0221. The minimum atomic E-state index is 0.0221. The van der Waals surface area contributed by atoms with Crippen LogP contribution >= 0.6 is 0 Å². The molecule has 0 amide bonds. The average molecular weight is 432 g/mol. The number of hydrogen-bond donors (Lipinski definition) is 8. The molecule has 0 atom stereocenters. The van der Waals surface area contributed by atoms with E-state index in [4.69, 9.17) is 22.9 Å². The Morgan fingerprint density at radius 3 is 0.969 bits per heavy atom. The van der Waals surface area contributed by atoms with Crippen LogP contribution in [0.1, 0.15) is 0 Å². The quantitative estimate of drug-likeness (QED) is 0.173. The molecule has 32 heavy (non-hydrogen) atoms. The Labute approximate surface area is 184 Å². The lowest BCUT2D eigenvalue weighted by molar-refractivity contribution is 0.477. The van der Waals surface area contributed by atoms with Gasteiger partial charge in [-0.2, -0.15) is 0 Å². The number of hydrogen-bond acceptors (Lipinski definition) is 8. The second kappa shape index (κ2) is 8.97. The number of nitrogens with two attached hydrogens (primary N) is 4. The first-order valence-electron chi connectivity index (χ1n) is 9.50. The van der Waals surface area contributed by atoms with Crippen LogP contribution in [0.15, 0.2) is 72.8 Å². The lowest BCUT2D eigenvalue weighted by Gasteiger charge is -2.06. The van der Waals surface area contributed by atoms with Gasteiger partial charge in [0.2, 0.25) is 0 Å². The van der Waals surface area contributed by atoms with Crippen molar-refractivity contribution in [1.29, 1.82) is 0 Å². The molecular weight excluding hydrogens is 408 g/mol. The van der Waals surface area contributed by atoms with Crippen molar-refractivity contribution < 1.29 is 20.4 Å². The number of rotatable bonds is 2. The summed E-state index contributed by atoms with van der Waals surface area (Å²) >= 11 is 0. The molecule has 0 bridgehead atoms. The minimum Gasteiger partial charge on any atom is -0.506 e. The predicted octanol–water partition coefficient (Wildman–Crippen LogP) is 3.86. The van der Waals surface area contributed by atoms with Gasteiger partial charge in [-0.05, 0) is 70.8 Å². The van der Waals surface area contributed by atoms with Gasteiger partial charge in [0, 0.05) is 0 Å². The molecule has 8 nitrogen and oxygen atoms in total. The van der Waals surface area contributed by atoms with E-state index in [2.05, 4.69) is 0 Å². The first-order chi connectivity index (χ1) is 15.2. The summed E-state index contributed by atoms with van der Waals surface area (Å²) in [6.45, 7) is 0. The van der Waals surface area contributed by atoms with E-state index in [-0.39, 0.29) is 23.0 Å². The van der Waals surface area contributed by atoms with Gasteiger partial charge in [-0.25, -0.2) is 0 Å². The molecule has 4 aromatic carbocycles. The number of phenolic OH excluding ortho intramolecular Hbond substituents is 4. The number of nitrogen functional groups attached to an aromatic ring is 4. The number of aromatic hydroxyl groups is 4. The largest absolute Gasteiger partial charge is 0.506 e. The molecule has 0 aliphatic rings. The first kappa shape index (κ1) is 22.0. The van der Waals surface area contributed by atoms with Crippen molar-refractivity contribution in [3.8, 4) is 45.3 Å². The van der Waals surface area contributed by atoms with Crippen molar-refractivity contribution in [2.45, 2.75) is 0 Å². The van der Waals surface area contributed by atoms with Crippen LogP contribution in [0.4, 0.5) is 22.7 Å². The summed E-state index contributed by atoms with van der Waals surface area (Å²) in [4.78, 5) is 0. The highest BCUT2D eigenvalue weighted by molar-refractivity contribution is 5.75. The van der Waals surface area contributed by atoms with E-state index in [1.165, 1.54) is 12.1 Å². The fraction of sp³-hybridized carbons (Fsp3) is 0. The molecular formula is C24H24N4O4. The molecule has 0 saturated carbocycles. The molecule has 0 heterocycles. The Bertz CT molecular complexity index is 1080. The Morgan fingerprint density at radius 1 is 0.344 bits per heavy atom. The maximum atomic E-state index is 9.47. The number of anilines is 4. The standard InChI is InChI=1S/2C12H12N2O2/c13-9-5-7(1-3-11(9)15)8-2-4-12(16)10(14)6-8;13-9-3-1-7(5-11(9)15)8-2-4-10(14)12(16)6-8/h2*1-6,15-16H,13-14H2. The summed E-state index contributed by atoms with van der Waals surface area (Å²) in [6, 6.07) is 19.6. The Morgan fingerprint density at radius 2 is 0.656 bits per heavy atom. The van der Waals surface area contributed by atoms with Gasteiger partial charge >= 0.3 is 0 Å². The SMILES string of the molecule is Nc1cc(-c2ccc(O)c(N)c2)ccc1O.Nc1ccc(-c2ccc(N)c(O)c2)cc1O. The van der Waals surface area contributed by atoms with Crippen molar-refractivity contribution >= 4 is 22.7 Å². The summed E-state index contributed by atoms with van der Waals surface area (Å²) in [5.41, 5.74) is 26.7. The van der Waals surface area contributed by atoms with Crippen molar-refractivity contribution in [3.05, 3.63) is 72.8 Å². The fourth-order valence-electron chi connectivity index (χ4n) is 2.91. The van der Waals surface area contributed by atoms with Crippen molar-refractivity contribution in [2.24, 2.45) is 0 Å². The van der Waals surface area contributed by atoms with Gasteiger partial charge in [0.25, 0.3) is 0 Å². The highest BCUT2D eigenvalue weighted by atomic mass is 16.3. The summed E-state index contributed by atoms with van der Waals surface area (Å²) in [5.74, 6) is 0.147. The second-order valence-electron chi connectivity index (χ2n) is 7.09. The summed E-state index contributed by atoms with van der Waals surface area (Å²) in [5, 5.41) is 37.5. The first-order valence-corrected chi connectivity index (χ1v) is 9.50. The molecule has 0 saturated heterocycles. The summed E-state index contributed by atoms with van der Waals surface area (Å²) < 4.78 is 0. The molecule has 12 N–H and O–H groups in total. The van der Waals surface area contributed by atoms with E-state index in [9.17, 15) is 20.4 Å². The summed E-state index contributed by atoms with van der Waals surface area (Å²) in [7, 11) is 0. The molecule has 0 fully saturated rings. The molecule has 8 heteroatoms. The fourth-order valence-corrected chi connectivity index (χ4v) is 2.91. The molecule has 0 unspecified atom stereocenters. The van der Waals surface area contributed by atoms with Gasteiger partial charge in [0.1, 0.15) is 23.0 Å². The number of benzene rings is 4. The zero-order chi connectivity index (χ0) is 23.4. The third-order valence-electron chi connectivity index (χ3n) is 4.78. The van der Waals surface area contributed by atoms with Crippen molar-refractivity contribution in [2.75, 3.05) is 22.9 Å². The van der Waals surface area contributed by atoms with Crippen LogP contribution in [0.3, 0.4) is 0 Å². The predicted molar refractivity (Wildman–Crippen MR) is 128 cm³/mol. The van der Waals surface area contributed by atoms with Crippen LogP contribution in [0.25, 0.3) is 22.3 Å². The Kier molecular flexibility index (Phi) is 6.16. The average Bonchev–Trinajstić information content (AvgIpc) is 2.76. The van der Waals surface area contributed by atoms with Gasteiger partial charge in [-0.15, -0.1) is 0 Å². The van der Waals surface area contributed by atoms with E-state index in [1.807, 2.05) is 0 Å². The van der Waals surface area contributed by atoms with Crippen LogP contribution in [-0.2, 0) is 0 Å². The van der Waals surface area contributed by atoms with Gasteiger partial charge in [0.15, 0.2) is 0 Å². The molecule has 0 aliphatic carbocycles. The van der Waals surface area contributed by atoms with E-state index < -0.39 is 0 Å². The van der Waals surface area contributed by atoms with Crippen LogP contribution < -0.4 is 22.9 Å². The molecule has 0 radical (unpaired) electrons. The Balaban J connectivity index is 0.000000181. The van der Waals surface area contributed by atoms with Gasteiger partial charge in [-0.1, -0.05) is 24.3 Å². The highest BCUT2D eigenvalue weighted by Gasteiger charge is 2.05. The highest BCUT2D eigenvalue weighted by Crippen LogP contribution is 2.32. The normalized spacial score (nSPS) is 10.2. The smallest absolute Gasteiger partial charge is 0.139 e. The lowest BCUT2D eigenvalue weighted by Crippen LogP contribution is -1.89. The lowest BCUT2D eigenvalue weighted by atomic mass is 10.0. The molecule has 0 spiro atoms. The monoisotopic (exact) mass is 432 g/mol. The van der Waals surface area contributed by atoms with E-state index in [0.29, 0.717) is 22.7 Å². The molecule has 0 aliphatic heterocycles. The van der Waals surface area contributed by atoms with Crippen molar-refractivity contribution in [3.63, 3.8) is 0 Å². The third-order valence-corrected chi connectivity index (χ3v) is 4.78. The third kappa shape index (κ3) is 4.88. The zero-order valence-corrected chi connectivity index (χ0v) is 17.0. The number of phenols is 4. The second-order valence-corrected chi connectivity index (χ2v) is 7.09.